The van der Waals surface area contributed by atoms with Gasteiger partial charge in [0.15, 0.2) is 11.5 Å². The maximum absolute atomic E-state index is 13.2. The maximum Gasteiger partial charge on any atom is 0.278 e. The van der Waals surface area contributed by atoms with E-state index in [1.165, 1.54) is 25.2 Å². The van der Waals surface area contributed by atoms with E-state index in [1.54, 1.807) is 37.4 Å². The highest BCUT2D eigenvalue weighted by molar-refractivity contribution is 6.41. The normalized spacial score (nSPS) is 13.8. The summed E-state index contributed by atoms with van der Waals surface area (Å²) in [6, 6.07) is 9.88. The molecule has 1 heterocycles. The maximum atomic E-state index is 13.2. The van der Waals surface area contributed by atoms with Crippen LogP contribution < -0.4 is 14.8 Å². The highest BCUT2D eigenvalue weighted by Crippen LogP contribution is 2.37. The lowest BCUT2D eigenvalue weighted by molar-refractivity contribution is -0.136. The molecule has 0 aliphatic carbocycles. The van der Waals surface area contributed by atoms with Crippen LogP contribution in [-0.4, -0.2) is 51.2 Å². The van der Waals surface area contributed by atoms with Crippen LogP contribution in [0.4, 0.5) is 5.69 Å². The molecule has 7 nitrogen and oxygen atoms in total. The summed E-state index contributed by atoms with van der Waals surface area (Å²) in [6.45, 7) is 0.643. The molecular weight excluding hydrogens is 443 g/mol. The number of carbonyl (C=O) groups excluding carboxylic acids is 2. The Morgan fingerprint density at radius 3 is 2.32 bits per heavy atom. The van der Waals surface area contributed by atoms with Crippen molar-refractivity contribution in [3.8, 4) is 11.5 Å². The van der Waals surface area contributed by atoms with Gasteiger partial charge in [-0.3, -0.25) is 14.5 Å². The number of methoxy groups -OCH3 is 3. The summed E-state index contributed by atoms with van der Waals surface area (Å²) in [5, 5.41) is 3.77. The Morgan fingerprint density at radius 2 is 1.68 bits per heavy atom. The molecular formula is C22H22Cl2N2O5. The van der Waals surface area contributed by atoms with Gasteiger partial charge in [0.25, 0.3) is 11.8 Å². The Kier molecular flexibility index (Phi) is 7.43. The van der Waals surface area contributed by atoms with Crippen molar-refractivity contribution < 1.29 is 23.8 Å². The molecule has 0 bridgehead atoms. The van der Waals surface area contributed by atoms with Gasteiger partial charge in [-0.25, -0.2) is 0 Å². The second kappa shape index (κ2) is 10.0. The molecule has 0 saturated carbocycles. The second-order valence-electron chi connectivity index (χ2n) is 6.68. The standard InChI is InChI=1S/C22H22Cl2N2O5/c1-29-10-4-9-26-21(27)19(15-7-5-13(23)11-16(15)24)20(22(26)28)25-14-6-8-17(30-2)18(12-14)31-3/h5-8,11-12,25H,4,9-10H2,1-3H3. The number of hydrogen-bond donors (Lipinski definition) is 1. The van der Waals surface area contributed by atoms with Gasteiger partial charge in [-0.15, -0.1) is 0 Å². The zero-order valence-corrected chi connectivity index (χ0v) is 18.8. The Labute approximate surface area is 190 Å². The van der Waals surface area contributed by atoms with Crippen LogP contribution in [0.2, 0.25) is 10.0 Å². The van der Waals surface area contributed by atoms with Crippen LogP contribution in [0.5, 0.6) is 11.5 Å². The van der Waals surface area contributed by atoms with Crippen molar-refractivity contribution in [3.05, 3.63) is 57.7 Å². The third-order valence-corrected chi connectivity index (χ3v) is 5.30. The molecule has 1 N–H and O–H groups in total. The Bertz CT molecular complexity index is 1040. The number of nitrogens with one attached hydrogen (secondary N) is 1. The van der Waals surface area contributed by atoms with E-state index in [2.05, 4.69) is 5.32 Å². The number of imide groups is 1. The number of halogens is 2. The van der Waals surface area contributed by atoms with E-state index in [0.29, 0.717) is 40.8 Å². The Hall–Kier alpha value is -2.74. The van der Waals surface area contributed by atoms with E-state index in [-0.39, 0.29) is 22.8 Å². The van der Waals surface area contributed by atoms with Crippen molar-refractivity contribution >= 4 is 46.3 Å². The van der Waals surface area contributed by atoms with Crippen LogP contribution in [0.25, 0.3) is 5.57 Å². The molecule has 2 aromatic carbocycles. The average molecular weight is 465 g/mol. The van der Waals surface area contributed by atoms with Crippen LogP contribution in [-0.2, 0) is 14.3 Å². The first-order chi connectivity index (χ1) is 14.9. The van der Waals surface area contributed by atoms with Gasteiger partial charge in [0.05, 0.1) is 24.8 Å². The van der Waals surface area contributed by atoms with Gasteiger partial charge in [0, 0.05) is 42.6 Å². The molecule has 0 saturated heterocycles. The number of ether oxygens (including phenoxy) is 3. The smallest absolute Gasteiger partial charge is 0.278 e. The first-order valence-corrected chi connectivity index (χ1v) is 10.2. The van der Waals surface area contributed by atoms with Gasteiger partial charge in [0.2, 0.25) is 0 Å². The van der Waals surface area contributed by atoms with Gasteiger partial charge >= 0.3 is 0 Å². The lowest BCUT2D eigenvalue weighted by atomic mass is 10.0. The van der Waals surface area contributed by atoms with E-state index >= 15 is 0 Å². The van der Waals surface area contributed by atoms with Crippen LogP contribution in [0.3, 0.4) is 0 Å². The molecule has 0 unspecified atom stereocenters. The zero-order chi connectivity index (χ0) is 22.5. The van der Waals surface area contributed by atoms with E-state index < -0.39 is 11.8 Å². The summed E-state index contributed by atoms with van der Waals surface area (Å²) in [7, 11) is 4.61. The summed E-state index contributed by atoms with van der Waals surface area (Å²) in [5.41, 5.74) is 1.27. The molecule has 2 amide bonds. The van der Waals surface area contributed by atoms with Crippen molar-refractivity contribution in [3.63, 3.8) is 0 Å². The minimum atomic E-state index is -0.447. The number of hydrogen-bond acceptors (Lipinski definition) is 6. The van der Waals surface area contributed by atoms with Crippen molar-refractivity contribution in [2.45, 2.75) is 6.42 Å². The molecule has 1 aliphatic heterocycles. The van der Waals surface area contributed by atoms with Gasteiger partial charge in [0.1, 0.15) is 5.70 Å². The number of anilines is 1. The molecule has 0 radical (unpaired) electrons. The summed E-state index contributed by atoms with van der Waals surface area (Å²) < 4.78 is 15.6. The molecule has 0 spiro atoms. The van der Waals surface area contributed by atoms with E-state index in [9.17, 15) is 9.59 Å². The molecule has 31 heavy (non-hydrogen) atoms. The van der Waals surface area contributed by atoms with Crippen molar-refractivity contribution in [1.29, 1.82) is 0 Å². The van der Waals surface area contributed by atoms with Crippen LogP contribution in [0, 0.1) is 0 Å². The van der Waals surface area contributed by atoms with Crippen molar-refractivity contribution in [2.24, 2.45) is 0 Å². The number of nitrogens with zero attached hydrogens (tertiary/aromatic N) is 1. The van der Waals surface area contributed by atoms with Crippen LogP contribution in [0.15, 0.2) is 42.1 Å². The minimum Gasteiger partial charge on any atom is -0.493 e. The fourth-order valence-corrected chi connectivity index (χ4v) is 3.77. The lowest BCUT2D eigenvalue weighted by Crippen LogP contribution is -2.33. The predicted octanol–water partition coefficient (Wildman–Crippen LogP) is 4.24. The summed E-state index contributed by atoms with van der Waals surface area (Å²) in [4.78, 5) is 27.6. The molecule has 3 rings (SSSR count). The highest BCUT2D eigenvalue weighted by atomic mass is 35.5. The SMILES string of the molecule is COCCCN1C(=O)C(Nc2ccc(OC)c(OC)c2)=C(c2ccc(Cl)cc2Cl)C1=O. The summed E-state index contributed by atoms with van der Waals surface area (Å²) in [5.74, 6) is 0.135. The topological polar surface area (TPSA) is 77.1 Å². The third kappa shape index (κ3) is 4.79. The molecule has 0 fully saturated rings. The van der Waals surface area contributed by atoms with Gasteiger partial charge in [-0.05, 0) is 30.7 Å². The number of carbonyl (C=O) groups is 2. The number of amides is 2. The van der Waals surface area contributed by atoms with E-state index in [0.717, 1.165) is 0 Å². The largest absolute Gasteiger partial charge is 0.493 e. The van der Waals surface area contributed by atoms with Crippen LogP contribution >= 0.6 is 23.2 Å². The molecule has 164 valence electrons. The fraction of sp³-hybridized carbons (Fsp3) is 0.273. The fourth-order valence-electron chi connectivity index (χ4n) is 3.26. The molecule has 0 atom stereocenters. The van der Waals surface area contributed by atoms with Crippen LogP contribution in [0.1, 0.15) is 12.0 Å². The predicted molar refractivity (Wildman–Crippen MR) is 120 cm³/mol. The molecule has 1 aliphatic rings. The second-order valence-corrected chi connectivity index (χ2v) is 7.52. The summed E-state index contributed by atoms with van der Waals surface area (Å²) in [6.07, 6.45) is 0.513. The Morgan fingerprint density at radius 1 is 0.935 bits per heavy atom. The average Bonchev–Trinajstić information content (AvgIpc) is 2.98. The molecule has 2 aromatic rings. The van der Waals surface area contributed by atoms with E-state index in [1.807, 2.05) is 0 Å². The van der Waals surface area contributed by atoms with E-state index in [4.69, 9.17) is 37.4 Å². The minimum absolute atomic E-state index is 0.124. The Balaban J connectivity index is 2.05. The first kappa shape index (κ1) is 22.9. The number of benzene rings is 2. The third-order valence-electron chi connectivity index (χ3n) is 4.75. The van der Waals surface area contributed by atoms with Gasteiger partial charge in [-0.2, -0.15) is 0 Å². The lowest BCUT2D eigenvalue weighted by Gasteiger charge is -2.15. The quantitative estimate of drug-likeness (QED) is 0.441. The van der Waals surface area contributed by atoms with Gasteiger partial charge in [-0.1, -0.05) is 29.3 Å². The summed E-state index contributed by atoms with van der Waals surface area (Å²) >= 11 is 12.4. The van der Waals surface area contributed by atoms with Crippen molar-refractivity contribution in [2.75, 3.05) is 39.8 Å². The number of rotatable bonds is 9. The van der Waals surface area contributed by atoms with Gasteiger partial charge < -0.3 is 19.5 Å². The molecule has 0 aromatic heterocycles. The first-order valence-electron chi connectivity index (χ1n) is 9.45. The molecule has 9 heteroatoms. The highest BCUT2D eigenvalue weighted by Gasteiger charge is 2.39. The van der Waals surface area contributed by atoms with Crippen molar-refractivity contribution in [1.82, 2.24) is 4.90 Å². The zero-order valence-electron chi connectivity index (χ0n) is 17.3. The monoisotopic (exact) mass is 464 g/mol.